The molecule has 1 rings (SSSR count). The lowest BCUT2D eigenvalue weighted by Crippen LogP contribution is -2.46. The largest absolute Gasteiger partial charge is 0.316 e. The molecule has 84 valence electrons. The van der Waals surface area contributed by atoms with E-state index < -0.39 is 9.84 Å². The highest BCUT2D eigenvalue weighted by Gasteiger charge is 2.25. The average Bonchev–Trinajstić information content (AvgIpc) is 1.96. The van der Waals surface area contributed by atoms with Gasteiger partial charge < -0.3 is 5.32 Å². The Hall–Kier alpha value is -0.0900. The topological polar surface area (TPSA) is 46.2 Å². The summed E-state index contributed by atoms with van der Waals surface area (Å²) in [5, 5.41) is 3.10. The maximum Gasteiger partial charge on any atom is 0.150 e. The number of sulfone groups is 1. The fraction of sp³-hybridized carbons (Fsp3) is 1.00. The van der Waals surface area contributed by atoms with Gasteiger partial charge in [0.2, 0.25) is 0 Å². The third-order valence-corrected chi connectivity index (χ3v) is 4.73. The van der Waals surface area contributed by atoms with Crippen molar-refractivity contribution in [3.8, 4) is 0 Å². The van der Waals surface area contributed by atoms with Crippen molar-refractivity contribution in [3.63, 3.8) is 0 Å². The van der Waals surface area contributed by atoms with Crippen LogP contribution in [0.4, 0.5) is 0 Å². The molecule has 0 saturated carbocycles. The first-order valence-electron chi connectivity index (χ1n) is 5.44. The lowest BCUT2D eigenvalue weighted by Gasteiger charge is -2.27. The number of hydrogen-bond acceptors (Lipinski definition) is 3. The summed E-state index contributed by atoms with van der Waals surface area (Å²) in [6.45, 7) is 5.88. The summed E-state index contributed by atoms with van der Waals surface area (Å²) in [7, 11) is -2.80. The van der Waals surface area contributed by atoms with Crippen molar-refractivity contribution in [3.05, 3.63) is 0 Å². The van der Waals surface area contributed by atoms with Crippen molar-refractivity contribution < 1.29 is 8.42 Å². The predicted molar refractivity (Wildman–Crippen MR) is 59.1 cm³/mol. The van der Waals surface area contributed by atoms with Crippen LogP contribution in [0.1, 0.15) is 26.7 Å². The molecule has 4 heteroatoms. The Labute approximate surface area is 87.2 Å². The van der Waals surface area contributed by atoms with E-state index in [4.69, 9.17) is 0 Å². The molecule has 1 heterocycles. The lowest BCUT2D eigenvalue weighted by atomic mass is 10.1. The van der Waals surface area contributed by atoms with E-state index in [9.17, 15) is 8.42 Å². The van der Waals surface area contributed by atoms with Gasteiger partial charge in [-0.05, 0) is 11.8 Å². The van der Waals surface area contributed by atoms with Gasteiger partial charge in [-0.25, -0.2) is 8.42 Å². The van der Waals surface area contributed by atoms with Crippen LogP contribution in [0, 0.1) is 11.8 Å². The summed E-state index contributed by atoms with van der Waals surface area (Å²) in [5.74, 6) is 1.44. The van der Waals surface area contributed by atoms with Crippen molar-refractivity contribution in [2.45, 2.75) is 26.7 Å². The molecule has 1 fully saturated rings. The molecule has 0 radical (unpaired) electrons. The van der Waals surface area contributed by atoms with Crippen molar-refractivity contribution in [2.24, 2.45) is 11.8 Å². The van der Waals surface area contributed by atoms with Crippen molar-refractivity contribution in [1.82, 2.24) is 5.32 Å². The van der Waals surface area contributed by atoms with E-state index >= 15 is 0 Å². The third kappa shape index (κ3) is 3.96. The number of nitrogens with one attached hydrogen (secondary N) is 1. The first-order chi connectivity index (χ1) is 6.53. The molecule has 1 atom stereocenters. The Balaban J connectivity index is 2.32. The highest BCUT2D eigenvalue weighted by molar-refractivity contribution is 7.91. The van der Waals surface area contributed by atoms with Gasteiger partial charge in [0.25, 0.3) is 0 Å². The quantitative estimate of drug-likeness (QED) is 0.726. The molecule has 0 spiro atoms. The van der Waals surface area contributed by atoms with E-state index in [0.717, 1.165) is 25.9 Å². The number of rotatable bonds is 6. The van der Waals surface area contributed by atoms with Gasteiger partial charge in [-0.1, -0.05) is 26.7 Å². The molecule has 0 bridgehead atoms. The standard InChI is InChI=1S/C10H21NO2S/c1-3-4-9(2)7-14(12,13)8-10-5-11-6-10/h9-11H,3-8H2,1-2H3. The molecule has 0 aromatic carbocycles. The zero-order valence-corrected chi connectivity index (χ0v) is 9.94. The van der Waals surface area contributed by atoms with Crippen molar-refractivity contribution in [2.75, 3.05) is 24.6 Å². The van der Waals surface area contributed by atoms with E-state index in [0.29, 0.717) is 23.3 Å². The second kappa shape index (κ2) is 5.12. The second-order valence-electron chi connectivity index (χ2n) is 4.50. The van der Waals surface area contributed by atoms with Gasteiger partial charge in [0, 0.05) is 13.1 Å². The Morgan fingerprint density at radius 1 is 1.43 bits per heavy atom. The molecule has 0 aromatic rings. The molecule has 0 aromatic heterocycles. The van der Waals surface area contributed by atoms with Crippen LogP contribution in [0.3, 0.4) is 0 Å². The molecule has 0 aliphatic carbocycles. The molecule has 0 amide bonds. The van der Waals surface area contributed by atoms with Crippen LogP contribution in [0.15, 0.2) is 0 Å². The highest BCUT2D eigenvalue weighted by Crippen LogP contribution is 2.13. The summed E-state index contributed by atoms with van der Waals surface area (Å²) in [6.07, 6.45) is 2.09. The van der Waals surface area contributed by atoms with Gasteiger partial charge in [0.15, 0.2) is 9.84 Å². The average molecular weight is 219 g/mol. The van der Waals surface area contributed by atoms with E-state index in [1.807, 2.05) is 6.92 Å². The van der Waals surface area contributed by atoms with Gasteiger partial charge in [-0.3, -0.25) is 0 Å². The lowest BCUT2D eigenvalue weighted by molar-refractivity contribution is 0.377. The molecule has 1 N–H and O–H groups in total. The molecular weight excluding hydrogens is 198 g/mol. The molecule has 1 saturated heterocycles. The summed E-state index contributed by atoms with van der Waals surface area (Å²) >= 11 is 0. The number of hydrogen-bond donors (Lipinski definition) is 1. The van der Waals surface area contributed by atoms with Crippen LogP contribution in [0.5, 0.6) is 0 Å². The Kier molecular flexibility index (Phi) is 4.38. The van der Waals surface area contributed by atoms with E-state index in [1.54, 1.807) is 0 Å². The predicted octanol–water partition coefficient (Wildman–Crippen LogP) is 1.06. The molecule has 3 nitrogen and oxygen atoms in total. The first-order valence-corrected chi connectivity index (χ1v) is 7.26. The fourth-order valence-corrected chi connectivity index (χ4v) is 4.03. The van der Waals surface area contributed by atoms with Crippen LogP contribution in [0.25, 0.3) is 0 Å². The summed E-state index contributed by atoms with van der Waals surface area (Å²) < 4.78 is 23.4. The van der Waals surface area contributed by atoms with E-state index in [-0.39, 0.29) is 0 Å². The molecule has 1 aliphatic heterocycles. The summed E-state index contributed by atoms with van der Waals surface area (Å²) in [6, 6.07) is 0. The van der Waals surface area contributed by atoms with Crippen molar-refractivity contribution >= 4 is 9.84 Å². The molecule has 1 unspecified atom stereocenters. The second-order valence-corrected chi connectivity index (χ2v) is 6.65. The molecule has 14 heavy (non-hydrogen) atoms. The summed E-state index contributed by atoms with van der Waals surface area (Å²) in [5.41, 5.74) is 0. The fourth-order valence-electron chi connectivity index (χ4n) is 1.90. The minimum atomic E-state index is -2.80. The summed E-state index contributed by atoms with van der Waals surface area (Å²) in [4.78, 5) is 0. The van der Waals surface area contributed by atoms with Crippen LogP contribution in [0.2, 0.25) is 0 Å². The Morgan fingerprint density at radius 3 is 2.50 bits per heavy atom. The normalized spacial score (nSPS) is 20.4. The van der Waals surface area contributed by atoms with Gasteiger partial charge >= 0.3 is 0 Å². The minimum absolute atomic E-state index is 0.318. The van der Waals surface area contributed by atoms with Gasteiger partial charge in [0.05, 0.1) is 11.5 Å². The monoisotopic (exact) mass is 219 g/mol. The van der Waals surface area contributed by atoms with E-state index in [2.05, 4.69) is 12.2 Å². The highest BCUT2D eigenvalue weighted by atomic mass is 32.2. The van der Waals surface area contributed by atoms with Gasteiger partial charge in [0.1, 0.15) is 0 Å². The molecule has 1 aliphatic rings. The zero-order valence-electron chi connectivity index (χ0n) is 9.12. The third-order valence-electron chi connectivity index (χ3n) is 2.68. The van der Waals surface area contributed by atoms with Crippen LogP contribution in [-0.2, 0) is 9.84 Å². The maximum atomic E-state index is 11.7. The van der Waals surface area contributed by atoms with Gasteiger partial charge in [-0.2, -0.15) is 0 Å². The van der Waals surface area contributed by atoms with Crippen LogP contribution < -0.4 is 5.32 Å². The van der Waals surface area contributed by atoms with Crippen LogP contribution in [-0.4, -0.2) is 33.0 Å². The van der Waals surface area contributed by atoms with Crippen molar-refractivity contribution in [1.29, 1.82) is 0 Å². The zero-order chi connectivity index (χ0) is 10.6. The maximum absolute atomic E-state index is 11.7. The van der Waals surface area contributed by atoms with Crippen LogP contribution >= 0.6 is 0 Å². The molecular formula is C10H21NO2S. The Bertz CT molecular complexity index is 257. The SMILES string of the molecule is CCCC(C)CS(=O)(=O)CC1CNC1. The van der Waals surface area contributed by atoms with Gasteiger partial charge in [-0.15, -0.1) is 0 Å². The first kappa shape index (κ1) is 12.0. The smallest absolute Gasteiger partial charge is 0.150 e. The van der Waals surface area contributed by atoms with E-state index in [1.165, 1.54) is 0 Å². The minimum Gasteiger partial charge on any atom is -0.316 e. The Morgan fingerprint density at radius 2 is 2.07 bits per heavy atom.